The second kappa shape index (κ2) is 8.64. The first-order valence-corrected chi connectivity index (χ1v) is 7.52. The SMILES string of the molecule is CCCSCCN=C1N(C)CCN1CCOC. The van der Waals surface area contributed by atoms with Crippen molar-refractivity contribution < 1.29 is 4.74 Å². The van der Waals surface area contributed by atoms with Crippen LogP contribution < -0.4 is 0 Å². The molecule has 1 rings (SSSR count). The Bertz CT molecular complexity index is 236. The largest absolute Gasteiger partial charge is 0.383 e. The number of aliphatic imine (C=N–C) groups is 1. The molecule has 1 aliphatic rings. The number of rotatable bonds is 8. The van der Waals surface area contributed by atoms with Crippen LogP contribution in [0, 0.1) is 0 Å². The van der Waals surface area contributed by atoms with Gasteiger partial charge in [-0.05, 0) is 12.2 Å². The van der Waals surface area contributed by atoms with Crippen molar-refractivity contribution in [1.29, 1.82) is 0 Å². The van der Waals surface area contributed by atoms with Gasteiger partial charge in [0.2, 0.25) is 0 Å². The van der Waals surface area contributed by atoms with Crippen LogP contribution in [0.1, 0.15) is 13.3 Å². The predicted octanol–water partition coefficient (Wildman–Crippen LogP) is 1.38. The zero-order valence-electron chi connectivity index (χ0n) is 11.3. The highest BCUT2D eigenvalue weighted by Crippen LogP contribution is 2.07. The van der Waals surface area contributed by atoms with Crippen LogP contribution in [0.15, 0.2) is 4.99 Å². The molecule has 0 aromatic rings. The Balaban J connectivity index is 2.32. The quantitative estimate of drug-likeness (QED) is 0.616. The molecular weight excluding hydrogens is 234 g/mol. The second-order valence-electron chi connectivity index (χ2n) is 4.20. The number of hydrogen-bond acceptors (Lipinski definition) is 3. The molecule has 0 spiro atoms. The van der Waals surface area contributed by atoms with E-state index in [-0.39, 0.29) is 0 Å². The molecule has 0 bridgehead atoms. The lowest BCUT2D eigenvalue weighted by Gasteiger charge is -2.20. The fourth-order valence-corrected chi connectivity index (χ4v) is 2.52. The molecule has 17 heavy (non-hydrogen) atoms. The standard InChI is InChI=1S/C12H25N3OS/c1-4-10-17-11-5-13-12-14(2)6-7-15(12)8-9-16-3/h4-11H2,1-3H3. The fourth-order valence-electron chi connectivity index (χ4n) is 1.80. The Hall–Kier alpha value is -0.420. The first-order valence-electron chi connectivity index (χ1n) is 6.36. The van der Waals surface area contributed by atoms with Crippen LogP contribution >= 0.6 is 11.8 Å². The summed E-state index contributed by atoms with van der Waals surface area (Å²) in [5, 5.41) is 0. The number of nitrogens with zero attached hydrogens (tertiary/aromatic N) is 3. The molecule has 1 saturated heterocycles. The van der Waals surface area contributed by atoms with Crippen LogP contribution in [0.25, 0.3) is 0 Å². The molecule has 0 saturated carbocycles. The Kier molecular flexibility index (Phi) is 7.44. The van der Waals surface area contributed by atoms with Crippen molar-refractivity contribution in [3.05, 3.63) is 0 Å². The minimum Gasteiger partial charge on any atom is -0.383 e. The van der Waals surface area contributed by atoms with Gasteiger partial charge < -0.3 is 14.5 Å². The zero-order chi connectivity index (χ0) is 12.5. The molecule has 0 unspecified atom stereocenters. The number of methoxy groups -OCH3 is 1. The summed E-state index contributed by atoms with van der Waals surface area (Å²) in [6, 6.07) is 0. The number of guanidine groups is 1. The molecular formula is C12H25N3OS. The van der Waals surface area contributed by atoms with E-state index in [4.69, 9.17) is 9.73 Å². The number of ether oxygens (including phenoxy) is 1. The lowest BCUT2D eigenvalue weighted by Crippen LogP contribution is -2.34. The summed E-state index contributed by atoms with van der Waals surface area (Å²) >= 11 is 1.99. The van der Waals surface area contributed by atoms with E-state index in [1.54, 1.807) is 7.11 Å². The highest BCUT2D eigenvalue weighted by molar-refractivity contribution is 7.99. The Morgan fingerprint density at radius 3 is 2.88 bits per heavy atom. The fraction of sp³-hybridized carbons (Fsp3) is 0.917. The van der Waals surface area contributed by atoms with E-state index in [2.05, 4.69) is 23.8 Å². The first kappa shape index (κ1) is 14.6. The van der Waals surface area contributed by atoms with Crippen molar-refractivity contribution in [3.8, 4) is 0 Å². The van der Waals surface area contributed by atoms with Crippen molar-refractivity contribution in [2.45, 2.75) is 13.3 Å². The molecule has 4 nitrogen and oxygen atoms in total. The number of likely N-dealkylation sites (N-methyl/N-ethyl adjacent to an activating group) is 1. The summed E-state index contributed by atoms with van der Waals surface area (Å²) in [7, 11) is 3.86. The van der Waals surface area contributed by atoms with Crippen molar-refractivity contribution >= 4 is 17.7 Å². The number of hydrogen-bond donors (Lipinski definition) is 0. The average molecular weight is 259 g/mol. The van der Waals surface area contributed by atoms with Gasteiger partial charge in [0.15, 0.2) is 5.96 Å². The van der Waals surface area contributed by atoms with Gasteiger partial charge in [0.1, 0.15) is 0 Å². The van der Waals surface area contributed by atoms with E-state index in [0.29, 0.717) is 0 Å². The third-order valence-electron chi connectivity index (χ3n) is 2.73. The van der Waals surface area contributed by atoms with Crippen molar-refractivity contribution in [2.75, 3.05) is 58.4 Å². The summed E-state index contributed by atoms with van der Waals surface area (Å²) in [4.78, 5) is 9.25. The lowest BCUT2D eigenvalue weighted by molar-refractivity contribution is 0.179. The average Bonchev–Trinajstić information content (AvgIpc) is 2.68. The van der Waals surface area contributed by atoms with E-state index in [0.717, 1.165) is 44.5 Å². The van der Waals surface area contributed by atoms with Crippen LogP contribution in [0.2, 0.25) is 0 Å². The van der Waals surface area contributed by atoms with Gasteiger partial charge in [0, 0.05) is 39.5 Å². The summed E-state index contributed by atoms with van der Waals surface area (Å²) in [6.07, 6.45) is 1.25. The summed E-state index contributed by atoms with van der Waals surface area (Å²) in [6.45, 7) is 7.01. The van der Waals surface area contributed by atoms with Crippen molar-refractivity contribution in [3.63, 3.8) is 0 Å². The highest BCUT2D eigenvalue weighted by atomic mass is 32.2. The van der Waals surface area contributed by atoms with E-state index < -0.39 is 0 Å². The minimum absolute atomic E-state index is 0.775. The molecule has 1 heterocycles. The van der Waals surface area contributed by atoms with E-state index in [9.17, 15) is 0 Å². The first-order chi connectivity index (χ1) is 8.29. The maximum absolute atomic E-state index is 5.13. The molecule has 1 aliphatic heterocycles. The molecule has 100 valence electrons. The smallest absolute Gasteiger partial charge is 0.196 e. The molecule has 0 aromatic heterocycles. The Morgan fingerprint density at radius 2 is 2.18 bits per heavy atom. The third-order valence-corrected chi connectivity index (χ3v) is 3.90. The summed E-state index contributed by atoms with van der Waals surface area (Å²) < 4.78 is 5.13. The van der Waals surface area contributed by atoms with E-state index >= 15 is 0 Å². The molecule has 0 aromatic carbocycles. The second-order valence-corrected chi connectivity index (χ2v) is 5.42. The van der Waals surface area contributed by atoms with E-state index in [1.807, 2.05) is 11.8 Å². The maximum Gasteiger partial charge on any atom is 0.196 e. The van der Waals surface area contributed by atoms with Crippen LogP contribution in [-0.4, -0.2) is 74.2 Å². The zero-order valence-corrected chi connectivity index (χ0v) is 12.1. The molecule has 0 amide bonds. The van der Waals surface area contributed by atoms with Gasteiger partial charge in [-0.3, -0.25) is 4.99 Å². The van der Waals surface area contributed by atoms with Crippen LogP contribution in [0.3, 0.4) is 0 Å². The summed E-state index contributed by atoms with van der Waals surface area (Å²) in [5.41, 5.74) is 0. The van der Waals surface area contributed by atoms with Gasteiger partial charge in [-0.2, -0.15) is 11.8 Å². The summed E-state index contributed by atoms with van der Waals surface area (Å²) in [5.74, 6) is 3.51. The van der Waals surface area contributed by atoms with Crippen molar-refractivity contribution in [1.82, 2.24) is 9.80 Å². The lowest BCUT2D eigenvalue weighted by atomic mass is 10.5. The maximum atomic E-state index is 5.13. The number of thioether (sulfide) groups is 1. The highest BCUT2D eigenvalue weighted by Gasteiger charge is 2.22. The third kappa shape index (κ3) is 5.17. The van der Waals surface area contributed by atoms with Crippen LogP contribution in [-0.2, 0) is 4.74 Å². The van der Waals surface area contributed by atoms with E-state index in [1.165, 1.54) is 12.2 Å². The predicted molar refractivity (Wildman–Crippen MR) is 76.0 cm³/mol. The Labute approximate surface area is 109 Å². The van der Waals surface area contributed by atoms with Gasteiger partial charge in [0.05, 0.1) is 13.2 Å². The van der Waals surface area contributed by atoms with Crippen LogP contribution in [0.4, 0.5) is 0 Å². The van der Waals surface area contributed by atoms with Crippen LogP contribution in [0.5, 0.6) is 0 Å². The Morgan fingerprint density at radius 1 is 1.35 bits per heavy atom. The topological polar surface area (TPSA) is 28.1 Å². The molecule has 1 fully saturated rings. The van der Waals surface area contributed by atoms with Gasteiger partial charge in [0.25, 0.3) is 0 Å². The normalized spacial score (nSPS) is 18.4. The van der Waals surface area contributed by atoms with Gasteiger partial charge in [-0.25, -0.2) is 0 Å². The van der Waals surface area contributed by atoms with Gasteiger partial charge in [-0.15, -0.1) is 0 Å². The monoisotopic (exact) mass is 259 g/mol. The molecule has 0 N–H and O–H groups in total. The molecule has 0 atom stereocenters. The van der Waals surface area contributed by atoms with Crippen molar-refractivity contribution in [2.24, 2.45) is 4.99 Å². The van der Waals surface area contributed by atoms with Gasteiger partial charge >= 0.3 is 0 Å². The van der Waals surface area contributed by atoms with Gasteiger partial charge in [-0.1, -0.05) is 6.92 Å². The molecule has 0 aliphatic carbocycles. The molecule has 0 radical (unpaired) electrons. The minimum atomic E-state index is 0.775. The molecule has 5 heteroatoms.